The molecular weight excluding hydrogens is 249 g/mol. The van der Waals surface area contributed by atoms with E-state index in [1.54, 1.807) is 12.1 Å². The Balaban J connectivity index is 2.63. The predicted molar refractivity (Wildman–Crippen MR) is 74.6 cm³/mol. The summed E-state index contributed by atoms with van der Waals surface area (Å²) in [5.74, 6) is 0.713. The molecule has 1 aromatic rings. The first-order valence-corrected chi connectivity index (χ1v) is 7.73. The maximum Gasteiger partial charge on any atom is 0.123 e. The molecular formula is C14H22FNOS. The number of benzene rings is 1. The number of halogens is 1. The van der Waals surface area contributed by atoms with E-state index in [0.29, 0.717) is 16.6 Å². The zero-order valence-electron chi connectivity index (χ0n) is 11.3. The van der Waals surface area contributed by atoms with Crippen molar-refractivity contribution in [1.82, 2.24) is 5.32 Å². The average molecular weight is 271 g/mol. The summed E-state index contributed by atoms with van der Waals surface area (Å²) in [6, 6.07) is 6.15. The van der Waals surface area contributed by atoms with Crippen molar-refractivity contribution in [3.63, 3.8) is 0 Å². The van der Waals surface area contributed by atoms with Gasteiger partial charge in [-0.05, 0) is 43.1 Å². The lowest BCUT2D eigenvalue weighted by Gasteiger charge is -2.21. The summed E-state index contributed by atoms with van der Waals surface area (Å²) in [5.41, 5.74) is 0. The molecule has 1 rings (SSSR count). The molecule has 0 heterocycles. The molecule has 2 atom stereocenters. The van der Waals surface area contributed by atoms with Gasteiger partial charge in [-0.15, -0.1) is 0 Å². The fourth-order valence-electron chi connectivity index (χ4n) is 1.66. The van der Waals surface area contributed by atoms with Crippen LogP contribution >= 0.6 is 0 Å². The molecule has 1 aromatic carbocycles. The van der Waals surface area contributed by atoms with Gasteiger partial charge >= 0.3 is 0 Å². The third kappa shape index (κ3) is 4.86. The highest BCUT2D eigenvalue weighted by Crippen LogP contribution is 2.12. The van der Waals surface area contributed by atoms with Gasteiger partial charge in [-0.1, -0.05) is 20.8 Å². The molecule has 0 aliphatic carbocycles. The molecule has 0 saturated carbocycles. The fraction of sp³-hybridized carbons (Fsp3) is 0.571. The maximum atomic E-state index is 12.8. The SMILES string of the molecule is CCCNC(CS(=O)c1ccc(F)cc1)C(C)C. The Labute approximate surface area is 111 Å². The van der Waals surface area contributed by atoms with Crippen LogP contribution in [0.15, 0.2) is 29.2 Å². The minimum absolute atomic E-state index is 0.232. The van der Waals surface area contributed by atoms with E-state index in [-0.39, 0.29) is 11.9 Å². The van der Waals surface area contributed by atoms with Gasteiger partial charge in [0.2, 0.25) is 0 Å². The van der Waals surface area contributed by atoms with E-state index in [1.165, 1.54) is 12.1 Å². The second kappa shape index (κ2) is 7.64. The van der Waals surface area contributed by atoms with Crippen LogP contribution in [0.5, 0.6) is 0 Å². The summed E-state index contributed by atoms with van der Waals surface area (Å²) in [6.07, 6.45) is 1.06. The average Bonchev–Trinajstić information content (AvgIpc) is 2.34. The zero-order valence-corrected chi connectivity index (χ0v) is 12.1. The smallest absolute Gasteiger partial charge is 0.123 e. The van der Waals surface area contributed by atoms with E-state index in [9.17, 15) is 8.60 Å². The fourth-order valence-corrected chi connectivity index (χ4v) is 3.12. The van der Waals surface area contributed by atoms with Crippen molar-refractivity contribution in [2.24, 2.45) is 5.92 Å². The predicted octanol–water partition coefficient (Wildman–Crippen LogP) is 2.96. The second-order valence-corrected chi connectivity index (χ2v) is 6.27. The van der Waals surface area contributed by atoms with Crippen LogP contribution in [-0.4, -0.2) is 22.5 Å². The zero-order chi connectivity index (χ0) is 13.5. The van der Waals surface area contributed by atoms with Crippen LogP contribution in [0.3, 0.4) is 0 Å². The molecule has 2 unspecified atom stereocenters. The lowest BCUT2D eigenvalue weighted by Crippen LogP contribution is -2.38. The Hall–Kier alpha value is -0.740. The van der Waals surface area contributed by atoms with Crippen LogP contribution in [0.2, 0.25) is 0 Å². The van der Waals surface area contributed by atoms with Crippen LogP contribution in [-0.2, 0) is 10.8 Å². The van der Waals surface area contributed by atoms with E-state index >= 15 is 0 Å². The lowest BCUT2D eigenvalue weighted by molar-refractivity contribution is 0.431. The van der Waals surface area contributed by atoms with Crippen molar-refractivity contribution in [2.45, 2.75) is 38.1 Å². The lowest BCUT2D eigenvalue weighted by atomic mass is 10.1. The summed E-state index contributed by atoms with van der Waals surface area (Å²) in [5, 5.41) is 3.41. The number of hydrogen-bond acceptors (Lipinski definition) is 2. The number of nitrogens with one attached hydrogen (secondary N) is 1. The molecule has 0 aromatic heterocycles. The normalized spacial score (nSPS) is 14.7. The van der Waals surface area contributed by atoms with Gasteiger partial charge in [0.25, 0.3) is 0 Å². The van der Waals surface area contributed by atoms with Crippen LogP contribution in [0.1, 0.15) is 27.2 Å². The van der Waals surface area contributed by atoms with E-state index < -0.39 is 10.8 Å². The summed E-state index contributed by atoms with van der Waals surface area (Å²) in [7, 11) is -1.07. The first-order valence-electron chi connectivity index (χ1n) is 6.42. The molecule has 102 valence electrons. The van der Waals surface area contributed by atoms with Crippen molar-refractivity contribution >= 4 is 10.8 Å². The Morgan fingerprint density at radius 2 is 1.89 bits per heavy atom. The summed E-state index contributed by atoms with van der Waals surface area (Å²) in [4.78, 5) is 0.695. The minimum Gasteiger partial charge on any atom is -0.313 e. The van der Waals surface area contributed by atoms with Gasteiger partial charge in [0.1, 0.15) is 5.82 Å². The molecule has 1 N–H and O–H groups in total. The van der Waals surface area contributed by atoms with Crippen LogP contribution < -0.4 is 5.32 Å². The van der Waals surface area contributed by atoms with Gasteiger partial charge in [-0.25, -0.2) is 4.39 Å². The van der Waals surface area contributed by atoms with Crippen LogP contribution in [0.4, 0.5) is 4.39 Å². The highest BCUT2D eigenvalue weighted by atomic mass is 32.2. The molecule has 2 nitrogen and oxygen atoms in total. The Morgan fingerprint density at radius 3 is 2.39 bits per heavy atom. The topological polar surface area (TPSA) is 29.1 Å². The Morgan fingerprint density at radius 1 is 1.28 bits per heavy atom. The van der Waals surface area contributed by atoms with Crippen molar-refractivity contribution < 1.29 is 8.60 Å². The highest BCUT2D eigenvalue weighted by molar-refractivity contribution is 7.85. The first-order chi connectivity index (χ1) is 8.54. The van der Waals surface area contributed by atoms with Gasteiger partial charge in [-0.3, -0.25) is 4.21 Å². The molecule has 0 aliphatic rings. The number of hydrogen-bond donors (Lipinski definition) is 1. The molecule has 0 fully saturated rings. The van der Waals surface area contributed by atoms with Crippen molar-refractivity contribution in [3.8, 4) is 0 Å². The van der Waals surface area contributed by atoms with E-state index in [2.05, 4.69) is 26.1 Å². The summed E-state index contributed by atoms with van der Waals surface area (Å²) >= 11 is 0. The molecule has 18 heavy (non-hydrogen) atoms. The largest absolute Gasteiger partial charge is 0.313 e. The van der Waals surface area contributed by atoms with Crippen molar-refractivity contribution in [1.29, 1.82) is 0 Å². The minimum atomic E-state index is -1.07. The quantitative estimate of drug-likeness (QED) is 0.826. The van der Waals surface area contributed by atoms with E-state index in [4.69, 9.17) is 0 Å². The molecule has 0 radical (unpaired) electrons. The van der Waals surface area contributed by atoms with Crippen molar-refractivity contribution in [3.05, 3.63) is 30.1 Å². The van der Waals surface area contributed by atoms with Gasteiger partial charge in [0.15, 0.2) is 0 Å². The maximum absolute atomic E-state index is 12.8. The Bertz CT molecular complexity index is 378. The molecule has 0 saturated heterocycles. The van der Waals surface area contributed by atoms with Gasteiger partial charge < -0.3 is 5.32 Å². The summed E-state index contributed by atoms with van der Waals surface area (Å²) < 4.78 is 25.0. The van der Waals surface area contributed by atoms with Gasteiger partial charge in [0, 0.05) is 16.7 Å². The Kier molecular flexibility index (Phi) is 6.50. The first kappa shape index (κ1) is 15.3. The molecule has 0 aliphatic heterocycles. The standard InChI is InChI=1S/C14H22FNOS/c1-4-9-16-14(11(2)3)10-18(17)13-7-5-12(15)6-8-13/h5-8,11,14,16H,4,9-10H2,1-3H3. The third-order valence-electron chi connectivity index (χ3n) is 2.87. The van der Waals surface area contributed by atoms with Crippen molar-refractivity contribution in [2.75, 3.05) is 12.3 Å². The third-order valence-corrected chi connectivity index (χ3v) is 4.33. The van der Waals surface area contributed by atoms with Crippen LogP contribution in [0.25, 0.3) is 0 Å². The number of rotatable bonds is 7. The molecule has 0 spiro atoms. The molecule has 4 heteroatoms. The highest BCUT2D eigenvalue weighted by Gasteiger charge is 2.16. The van der Waals surface area contributed by atoms with E-state index in [1.807, 2.05) is 0 Å². The second-order valence-electron chi connectivity index (χ2n) is 4.77. The van der Waals surface area contributed by atoms with E-state index in [0.717, 1.165) is 13.0 Å². The monoisotopic (exact) mass is 271 g/mol. The molecule has 0 bridgehead atoms. The van der Waals surface area contributed by atoms with Gasteiger partial charge in [0.05, 0.1) is 10.8 Å². The molecule has 0 amide bonds. The summed E-state index contributed by atoms with van der Waals surface area (Å²) in [6.45, 7) is 7.29. The van der Waals surface area contributed by atoms with Gasteiger partial charge in [-0.2, -0.15) is 0 Å². The van der Waals surface area contributed by atoms with Crippen LogP contribution in [0, 0.1) is 11.7 Å².